The standard InChI is InChI=1S/C23H33N3O3S2/c1-16-12-17(2)22(18(3)13-16)31(28,29)26-9-6-19(7-10-26)23(27)24-14-21(25(4)5)20-8-11-30-15-20/h8,11-13,15,19,21H,6-7,9-10,14H2,1-5H3,(H,24,27). The summed E-state index contributed by atoms with van der Waals surface area (Å²) >= 11 is 1.65. The number of carbonyl (C=O) groups excluding carboxylic acids is 1. The highest BCUT2D eigenvalue weighted by molar-refractivity contribution is 7.89. The van der Waals surface area contributed by atoms with Gasteiger partial charge in [0.25, 0.3) is 0 Å². The van der Waals surface area contributed by atoms with E-state index in [0.29, 0.717) is 37.4 Å². The van der Waals surface area contributed by atoms with E-state index >= 15 is 0 Å². The van der Waals surface area contributed by atoms with E-state index in [9.17, 15) is 13.2 Å². The molecule has 1 aliphatic rings. The highest BCUT2D eigenvalue weighted by Gasteiger charge is 2.34. The average molecular weight is 464 g/mol. The molecule has 1 aliphatic heterocycles. The number of piperidine rings is 1. The first kappa shape index (κ1) is 23.9. The van der Waals surface area contributed by atoms with Gasteiger partial charge in [0.05, 0.1) is 10.9 Å². The number of carbonyl (C=O) groups is 1. The number of thiophene rings is 1. The van der Waals surface area contributed by atoms with E-state index in [1.807, 2.05) is 52.4 Å². The minimum Gasteiger partial charge on any atom is -0.354 e. The molecule has 31 heavy (non-hydrogen) atoms. The lowest BCUT2D eigenvalue weighted by molar-refractivity contribution is -0.126. The molecule has 1 N–H and O–H groups in total. The third-order valence-corrected chi connectivity index (χ3v) is 8.95. The second kappa shape index (κ2) is 9.81. The Morgan fingerprint density at radius 1 is 1.19 bits per heavy atom. The van der Waals surface area contributed by atoms with Crippen LogP contribution >= 0.6 is 11.3 Å². The van der Waals surface area contributed by atoms with Gasteiger partial charge in [-0.15, -0.1) is 0 Å². The molecule has 1 atom stereocenters. The second-order valence-electron chi connectivity index (χ2n) is 8.69. The molecular weight excluding hydrogens is 430 g/mol. The van der Waals surface area contributed by atoms with E-state index in [1.54, 1.807) is 11.3 Å². The van der Waals surface area contributed by atoms with Gasteiger partial charge in [-0.2, -0.15) is 15.6 Å². The van der Waals surface area contributed by atoms with Crippen molar-refractivity contribution < 1.29 is 13.2 Å². The molecule has 0 radical (unpaired) electrons. The lowest BCUT2D eigenvalue weighted by atomic mass is 9.97. The van der Waals surface area contributed by atoms with Crippen molar-refractivity contribution in [3.63, 3.8) is 0 Å². The summed E-state index contributed by atoms with van der Waals surface area (Å²) in [6.07, 6.45) is 1.08. The van der Waals surface area contributed by atoms with Crippen molar-refractivity contribution in [2.75, 3.05) is 33.7 Å². The predicted molar refractivity (Wildman–Crippen MR) is 126 cm³/mol. The SMILES string of the molecule is Cc1cc(C)c(S(=O)(=O)N2CCC(C(=O)NCC(c3ccsc3)N(C)C)CC2)c(C)c1. The molecule has 6 nitrogen and oxygen atoms in total. The Morgan fingerprint density at radius 2 is 1.81 bits per heavy atom. The van der Waals surface area contributed by atoms with Crippen molar-refractivity contribution >= 4 is 27.3 Å². The minimum absolute atomic E-state index is 0.0156. The molecule has 3 rings (SSSR count). The van der Waals surface area contributed by atoms with Gasteiger partial charge in [-0.25, -0.2) is 8.42 Å². The summed E-state index contributed by atoms with van der Waals surface area (Å²) in [4.78, 5) is 15.3. The van der Waals surface area contributed by atoms with Gasteiger partial charge in [0, 0.05) is 25.6 Å². The van der Waals surface area contributed by atoms with Crippen molar-refractivity contribution in [2.24, 2.45) is 5.92 Å². The van der Waals surface area contributed by atoms with Crippen LogP contribution in [-0.4, -0.2) is 57.3 Å². The van der Waals surface area contributed by atoms with Crippen LogP contribution in [0.3, 0.4) is 0 Å². The summed E-state index contributed by atoms with van der Waals surface area (Å²) in [5, 5.41) is 7.24. The summed E-state index contributed by atoms with van der Waals surface area (Å²) < 4.78 is 28.1. The molecule has 0 saturated carbocycles. The van der Waals surface area contributed by atoms with Crippen LogP contribution in [0.2, 0.25) is 0 Å². The third-order valence-electron chi connectivity index (χ3n) is 6.05. The fourth-order valence-electron chi connectivity index (χ4n) is 4.47. The van der Waals surface area contributed by atoms with Gasteiger partial charge < -0.3 is 10.2 Å². The molecule has 1 amide bonds. The van der Waals surface area contributed by atoms with Crippen molar-refractivity contribution in [1.29, 1.82) is 0 Å². The fourth-order valence-corrected chi connectivity index (χ4v) is 7.05. The highest BCUT2D eigenvalue weighted by Crippen LogP contribution is 2.29. The number of hydrogen-bond donors (Lipinski definition) is 1. The molecule has 1 saturated heterocycles. The van der Waals surface area contributed by atoms with Gasteiger partial charge >= 0.3 is 0 Å². The van der Waals surface area contributed by atoms with Crippen LogP contribution in [0.5, 0.6) is 0 Å². The summed E-state index contributed by atoms with van der Waals surface area (Å²) in [5.41, 5.74) is 3.81. The molecule has 0 spiro atoms. The van der Waals surface area contributed by atoms with E-state index in [2.05, 4.69) is 21.7 Å². The summed E-state index contributed by atoms with van der Waals surface area (Å²) in [6, 6.07) is 6.03. The zero-order valence-corrected chi connectivity index (χ0v) is 20.6. The molecule has 1 aromatic heterocycles. The first-order valence-electron chi connectivity index (χ1n) is 10.7. The van der Waals surface area contributed by atoms with Crippen molar-refractivity contribution in [3.8, 4) is 0 Å². The zero-order valence-electron chi connectivity index (χ0n) is 19.0. The zero-order chi connectivity index (χ0) is 22.8. The maximum absolute atomic E-state index is 13.3. The number of amides is 1. The highest BCUT2D eigenvalue weighted by atomic mass is 32.2. The van der Waals surface area contributed by atoms with Gasteiger partial charge in [0.15, 0.2) is 0 Å². The molecular formula is C23H33N3O3S2. The molecule has 2 aromatic rings. The Morgan fingerprint density at radius 3 is 2.32 bits per heavy atom. The van der Waals surface area contributed by atoms with Crippen molar-refractivity contribution in [1.82, 2.24) is 14.5 Å². The van der Waals surface area contributed by atoms with Gasteiger partial charge in [-0.3, -0.25) is 4.79 Å². The lowest BCUT2D eigenvalue weighted by Gasteiger charge is -2.32. The smallest absolute Gasteiger partial charge is 0.243 e. The van der Waals surface area contributed by atoms with Crippen LogP contribution in [0.25, 0.3) is 0 Å². The van der Waals surface area contributed by atoms with Crippen LogP contribution in [0.15, 0.2) is 33.9 Å². The number of hydrogen-bond acceptors (Lipinski definition) is 5. The van der Waals surface area contributed by atoms with E-state index in [4.69, 9.17) is 0 Å². The van der Waals surface area contributed by atoms with Crippen LogP contribution < -0.4 is 5.32 Å². The van der Waals surface area contributed by atoms with Gasteiger partial charge in [-0.1, -0.05) is 17.7 Å². The third kappa shape index (κ3) is 5.37. The van der Waals surface area contributed by atoms with Crippen LogP contribution in [0.4, 0.5) is 0 Å². The van der Waals surface area contributed by atoms with E-state index in [0.717, 1.165) is 16.7 Å². The molecule has 1 fully saturated rings. The Hall–Kier alpha value is -1.74. The number of rotatable bonds is 7. The van der Waals surface area contributed by atoms with Gasteiger partial charge in [0.2, 0.25) is 15.9 Å². The van der Waals surface area contributed by atoms with Gasteiger partial charge in [0.1, 0.15) is 0 Å². The van der Waals surface area contributed by atoms with Crippen LogP contribution in [0.1, 0.15) is 41.1 Å². The fraction of sp³-hybridized carbons (Fsp3) is 0.522. The average Bonchev–Trinajstić information content (AvgIpc) is 3.21. The molecule has 0 bridgehead atoms. The number of nitrogens with one attached hydrogen (secondary N) is 1. The topological polar surface area (TPSA) is 69.7 Å². The van der Waals surface area contributed by atoms with Crippen molar-refractivity contribution in [2.45, 2.75) is 44.6 Å². The number of sulfonamides is 1. The largest absolute Gasteiger partial charge is 0.354 e. The number of benzene rings is 1. The predicted octanol–water partition coefficient (Wildman–Crippen LogP) is 3.49. The molecule has 1 aromatic carbocycles. The van der Waals surface area contributed by atoms with E-state index in [-0.39, 0.29) is 17.9 Å². The van der Waals surface area contributed by atoms with Crippen LogP contribution in [-0.2, 0) is 14.8 Å². The Balaban J connectivity index is 1.61. The monoisotopic (exact) mass is 463 g/mol. The molecule has 170 valence electrons. The first-order valence-corrected chi connectivity index (χ1v) is 13.0. The van der Waals surface area contributed by atoms with E-state index in [1.165, 1.54) is 9.87 Å². The van der Waals surface area contributed by atoms with Crippen LogP contribution in [0, 0.1) is 26.7 Å². The maximum Gasteiger partial charge on any atom is 0.243 e. The lowest BCUT2D eigenvalue weighted by Crippen LogP contribution is -2.44. The second-order valence-corrected chi connectivity index (χ2v) is 11.3. The van der Waals surface area contributed by atoms with Gasteiger partial charge in [-0.05, 0) is 81.2 Å². The molecule has 1 unspecified atom stereocenters. The summed E-state index contributed by atoms with van der Waals surface area (Å²) in [7, 11) is 0.454. The Bertz CT molecular complexity index is 986. The summed E-state index contributed by atoms with van der Waals surface area (Å²) in [5.74, 6) is -0.140. The van der Waals surface area contributed by atoms with Crippen molar-refractivity contribution in [3.05, 3.63) is 51.2 Å². The molecule has 8 heteroatoms. The quantitative estimate of drug-likeness (QED) is 0.682. The molecule has 2 heterocycles. The number of nitrogens with zero attached hydrogens (tertiary/aromatic N) is 2. The normalized spacial score (nSPS) is 17.1. The summed E-state index contributed by atoms with van der Waals surface area (Å²) in [6.45, 7) is 6.95. The first-order chi connectivity index (χ1) is 14.6. The number of likely N-dealkylation sites (N-methyl/N-ethyl adjacent to an activating group) is 1. The minimum atomic E-state index is -3.56. The van der Waals surface area contributed by atoms with E-state index < -0.39 is 10.0 Å². The maximum atomic E-state index is 13.3. The molecule has 0 aliphatic carbocycles. The number of aryl methyl sites for hydroxylation is 3. The Labute approximate surface area is 190 Å². The Kier molecular flexibility index (Phi) is 7.57.